The molecule has 8 heteroatoms. The second-order valence-corrected chi connectivity index (χ2v) is 12.2. The van der Waals surface area contributed by atoms with Gasteiger partial charge in [0.05, 0.1) is 0 Å². The Morgan fingerprint density at radius 1 is 0.974 bits per heavy atom. The second kappa shape index (κ2) is 15.0. The number of rotatable bonds is 13. The van der Waals surface area contributed by atoms with Crippen LogP contribution in [-0.2, 0) is 14.3 Å². The Kier molecular flexibility index (Phi) is 13.1. The average Bonchev–Trinajstić information content (AvgIpc) is 2.79. The SMILES string of the molecule is CCCCCCCN(C(=O)C(NC(=O)OC(C)(C)C)C(C)CC)C(C(=O)NC(C)(C)C)c1ccccc1O. The summed E-state index contributed by atoms with van der Waals surface area (Å²) in [5, 5.41) is 16.5. The van der Waals surface area contributed by atoms with Gasteiger partial charge in [0.25, 0.3) is 0 Å². The third kappa shape index (κ3) is 11.3. The smallest absolute Gasteiger partial charge is 0.408 e. The highest BCUT2D eigenvalue weighted by Gasteiger charge is 2.39. The van der Waals surface area contributed by atoms with Gasteiger partial charge in [0.15, 0.2) is 0 Å². The number of aromatic hydroxyl groups is 1. The summed E-state index contributed by atoms with van der Waals surface area (Å²) in [6, 6.07) is 4.63. The fourth-order valence-electron chi connectivity index (χ4n) is 4.16. The topological polar surface area (TPSA) is 108 Å². The summed E-state index contributed by atoms with van der Waals surface area (Å²) in [6.07, 6.45) is 4.75. The van der Waals surface area contributed by atoms with Crippen molar-refractivity contribution in [1.82, 2.24) is 15.5 Å². The van der Waals surface area contributed by atoms with Crippen LogP contribution in [0.4, 0.5) is 4.79 Å². The second-order valence-electron chi connectivity index (χ2n) is 12.2. The molecule has 216 valence electrons. The fourth-order valence-corrected chi connectivity index (χ4v) is 4.16. The number of phenols is 1. The Labute approximate surface area is 229 Å². The Balaban J connectivity index is 3.54. The number of amides is 3. The number of carbonyl (C=O) groups is 3. The number of unbranched alkanes of at least 4 members (excludes halogenated alkanes) is 4. The summed E-state index contributed by atoms with van der Waals surface area (Å²) >= 11 is 0. The van der Waals surface area contributed by atoms with Crippen molar-refractivity contribution >= 4 is 17.9 Å². The Morgan fingerprint density at radius 2 is 1.58 bits per heavy atom. The summed E-state index contributed by atoms with van der Waals surface area (Å²) in [6.45, 7) is 17.2. The van der Waals surface area contributed by atoms with E-state index in [2.05, 4.69) is 17.6 Å². The van der Waals surface area contributed by atoms with E-state index < -0.39 is 29.3 Å². The summed E-state index contributed by atoms with van der Waals surface area (Å²) in [4.78, 5) is 42.3. The maximum Gasteiger partial charge on any atom is 0.408 e. The minimum Gasteiger partial charge on any atom is -0.508 e. The van der Waals surface area contributed by atoms with Crippen molar-refractivity contribution in [2.75, 3.05) is 6.54 Å². The molecule has 3 N–H and O–H groups in total. The standard InChI is InChI=1S/C30H51N3O5/c1-10-12-13-14-17-20-33(27(36)24(21(3)11-2)31-28(37)38-30(7,8)9)25(26(35)32-29(4,5)6)22-18-15-16-19-23(22)34/h15-16,18-19,21,24-25,34H,10-14,17,20H2,1-9H3,(H,31,37)(H,32,35). The van der Waals surface area contributed by atoms with E-state index in [0.29, 0.717) is 24.9 Å². The molecule has 0 heterocycles. The molecule has 0 radical (unpaired) electrons. The Morgan fingerprint density at radius 3 is 2.11 bits per heavy atom. The van der Waals surface area contributed by atoms with Gasteiger partial charge in [-0.1, -0.05) is 71.1 Å². The molecule has 0 aliphatic heterocycles. The number of alkyl carbamates (subject to hydrolysis) is 1. The number of para-hydroxylation sites is 1. The highest BCUT2D eigenvalue weighted by Crippen LogP contribution is 2.31. The molecule has 0 aromatic heterocycles. The number of hydrogen-bond donors (Lipinski definition) is 3. The van der Waals surface area contributed by atoms with Crippen LogP contribution in [0.2, 0.25) is 0 Å². The summed E-state index contributed by atoms with van der Waals surface area (Å²) in [7, 11) is 0. The molecule has 1 aromatic rings. The fraction of sp³-hybridized carbons (Fsp3) is 0.700. The number of benzene rings is 1. The monoisotopic (exact) mass is 533 g/mol. The molecule has 1 rings (SSSR count). The van der Waals surface area contributed by atoms with Gasteiger partial charge in [-0.2, -0.15) is 0 Å². The molecule has 1 aromatic carbocycles. The number of nitrogens with zero attached hydrogens (tertiary/aromatic N) is 1. The van der Waals surface area contributed by atoms with Crippen molar-refractivity contribution in [2.45, 2.75) is 124 Å². The van der Waals surface area contributed by atoms with E-state index in [4.69, 9.17) is 4.74 Å². The zero-order valence-corrected chi connectivity index (χ0v) is 25.0. The molecule has 8 nitrogen and oxygen atoms in total. The lowest BCUT2D eigenvalue weighted by Crippen LogP contribution is -2.56. The third-order valence-corrected chi connectivity index (χ3v) is 6.23. The van der Waals surface area contributed by atoms with Gasteiger partial charge in [-0.15, -0.1) is 0 Å². The van der Waals surface area contributed by atoms with Crippen LogP contribution in [0.3, 0.4) is 0 Å². The van der Waals surface area contributed by atoms with Crippen LogP contribution in [-0.4, -0.2) is 51.6 Å². The van der Waals surface area contributed by atoms with Gasteiger partial charge in [0.1, 0.15) is 23.4 Å². The highest BCUT2D eigenvalue weighted by atomic mass is 16.6. The van der Waals surface area contributed by atoms with Crippen LogP contribution in [0.1, 0.15) is 112 Å². The van der Waals surface area contributed by atoms with Crippen molar-refractivity contribution in [3.63, 3.8) is 0 Å². The zero-order valence-electron chi connectivity index (χ0n) is 25.0. The first-order valence-electron chi connectivity index (χ1n) is 14.0. The van der Waals surface area contributed by atoms with Gasteiger partial charge in [-0.05, 0) is 59.9 Å². The maximum absolute atomic E-state index is 14.3. The van der Waals surface area contributed by atoms with Gasteiger partial charge in [0.2, 0.25) is 11.8 Å². The largest absolute Gasteiger partial charge is 0.508 e. The molecule has 38 heavy (non-hydrogen) atoms. The minimum absolute atomic E-state index is 0.0643. The lowest BCUT2D eigenvalue weighted by atomic mass is 9.94. The molecule has 3 atom stereocenters. The van der Waals surface area contributed by atoms with Crippen LogP contribution in [0.15, 0.2) is 24.3 Å². The number of carbonyl (C=O) groups excluding carboxylic acids is 3. The van der Waals surface area contributed by atoms with E-state index >= 15 is 0 Å². The van der Waals surface area contributed by atoms with Crippen molar-refractivity contribution in [1.29, 1.82) is 0 Å². The molecule has 3 amide bonds. The molecule has 0 aliphatic carbocycles. The van der Waals surface area contributed by atoms with Crippen molar-refractivity contribution in [3.05, 3.63) is 29.8 Å². The Hall–Kier alpha value is -2.77. The summed E-state index contributed by atoms with van der Waals surface area (Å²) in [5.74, 6) is -1.04. The number of nitrogens with one attached hydrogen (secondary N) is 2. The zero-order chi connectivity index (χ0) is 29.1. The lowest BCUT2D eigenvalue weighted by molar-refractivity contribution is -0.144. The quantitative estimate of drug-likeness (QED) is 0.266. The molecule has 0 spiro atoms. The molecular weight excluding hydrogens is 482 g/mol. The van der Waals surface area contributed by atoms with E-state index in [1.54, 1.807) is 39.0 Å². The van der Waals surface area contributed by atoms with Gasteiger partial charge < -0.3 is 25.4 Å². The first kappa shape index (κ1) is 33.3. The van der Waals surface area contributed by atoms with Crippen molar-refractivity contribution < 1.29 is 24.2 Å². The summed E-state index contributed by atoms with van der Waals surface area (Å²) in [5.41, 5.74) is -0.936. The van der Waals surface area contributed by atoms with E-state index in [0.717, 1.165) is 25.7 Å². The molecule has 0 aliphatic rings. The van der Waals surface area contributed by atoms with Gasteiger partial charge in [-0.3, -0.25) is 9.59 Å². The van der Waals surface area contributed by atoms with Crippen LogP contribution < -0.4 is 10.6 Å². The summed E-state index contributed by atoms with van der Waals surface area (Å²) < 4.78 is 5.46. The van der Waals surface area contributed by atoms with Crippen molar-refractivity contribution in [2.24, 2.45) is 5.92 Å². The average molecular weight is 534 g/mol. The first-order chi connectivity index (χ1) is 17.6. The van der Waals surface area contributed by atoms with E-state index in [1.807, 2.05) is 34.6 Å². The molecule has 3 unspecified atom stereocenters. The Bertz CT molecular complexity index is 904. The van der Waals surface area contributed by atoms with E-state index in [-0.39, 0.29) is 23.5 Å². The number of phenolic OH excluding ortho intramolecular Hbond substituents is 1. The minimum atomic E-state index is -1.07. The highest BCUT2D eigenvalue weighted by molar-refractivity contribution is 5.93. The van der Waals surface area contributed by atoms with E-state index in [1.165, 1.54) is 11.0 Å². The normalized spacial score (nSPS) is 14.2. The molecular formula is C30H51N3O5. The third-order valence-electron chi connectivity index (χ3n) is 6.23. The van der Waals surface area contributed by atoms with Gasteiger partial charge in [0, 0.05) is 17.6 Å². The lowest BCUT2D eigenvalue weighted by Gasteiger charge is -2.37. The van der Waals surface area contributed by atoms with Gasteiger partial charge >= 0.3 is 6.09 Å². The molecule has 0 saturated heterocycles. The van der Waals surface area contributed by atoms with Crippen molar-refractivity contribution in [3.8, 4) is 5.75 Å². The van der Waals surface area contributed by atoms with Crippen LogP contribution in [0.25, 0.3) is 0 Å². The number of ether oxygens (including phenoxy) is 1. The maximum atomic E-state index is 14.3. The predicted molar refractivity (Wildman–Crippen MR) is 152 cm³/mol. The van der Waals surface area contributed by atoms with E-state index in [9.17, 15) is 19.5 Å². The molecule has 0 saturated carbocycles. The number of hydrogen-bond acceptors (Lipinski definition) is 5. The van der Waals surface area contributed by atoms with Crippen LogP contribution in [0, 0.1) is 5.92 Å². The first-order valence-corrected chi connectivity index (χ1v) is 14.0. The predicted octanol–water partition coefficient (Wildman–Crippen LogP) is 6.09. The molecule has 0 bridgehead atoms. The van der Waals surface area contributed by atoms with Gasteiger partial charge in [-0.25, -0.2) is 4.79 Å². The molecule has 0 fully saturated rings. The van der Waals surface area contributed by atoms with Crippen LogP contribution >= 0.6 is 0 Å². The van der Waals surface area contributed by atoms with Crippen LogP contribution in [0.5, 0.6) is 5.75 Å².